The molecule has 2 aliphatic rings. The highest BCUT2D eigenvalue weighted by Gasteiger charge is 2.57. The molecule has 2 aliphatic heterocycles. The molecule has 33 heavy (non-hydrogen) atoms. The van der Waals surface area contributed by atoms with Crippen LogP contribution >= 0.6 is 23.1 Å². The molecule has 0 spiro atoms. The van der Waals surface area contributed by atoms with Crippen LogP contribution in [0.5, 0.6) is 0 Å². The van der Waals surface area contributed by atoms with E-state index in [1.807, 2.05) is 0 Å². The first kappa shape index (κ1) is 21.7. The molecule has 2 unspecified atom stereocenters. The van der Waals surface area contributed by atoms with Gasteiger partial charge in [-0.25, -0.2) is 9.29 Å². The summed E-state index contributed by atoms with van der Waals surface area (Å²) in [5, 5.41) is -0.393. The summed E-state index contributed by atoms with van der Waals surface area (Å²) in [6.45, 7) is 1.55. The second-order valence-corrected chi connectivity index (χ2v) is 9.60. The Balaban J connectivity index is 1.61. The van der Waals surface area contributed by atoms with Crippen LogP contribution in [0.25, 0.3) is 0 Å². The summed E-state index contributed by atoms with van der Waals surface area (Å²) < 4.78 is 25.3. The van der Waals surface area contributed by atoms with Gasteiger partial charge >= 0.3 is 10.8 Å². The number of rotatable bonds is 5. The molecule has 4 heterocycles. The maximum Gasteiger partial charge on any atom is 0.326 e. The number of nitrogens with zero attached hydrogens (tertiary/aromatic N) is 2. The van der Waals surface area contributed by atoms with Crippen molar-refractivity contribution in [1.29, 1.82) is 0 Å². The second kappa shape index (κ2) is 8.31. The average Bonchev–Trinajstić information content (AvgIpc) is 3.48. The van der Waals surface area contributed by atoms with E-state index in [1.54, 1.807) is 19.1 Å². The predicted octanol–water partition coefficient (Wildman–Crippen LogP) is 3.00. The topological polar surface area (TPSA) is 98.8 Å². The third kappa shape index (κ3) is 3.51. The Labute approximate surface area is 194 Å². The summed E-state index contributed by atoms with van der Waals surface area (Å²) in [7, 11) is 0. The maximum absolute atomic E-state index is 13.5. The first-order valence-corrected chi connectivity index (χ1v) is 11.8. The highest BCUT2D eigenvalue weighted by Crippen LogP contribution is 2.53. The van der Waals surface area contributed by atoms with Crippen molar-refractivity contribution in [2.45, 2.75) is 29.7 Å². The molecule has 0 N–H and O–H groups in total. The van der Waals surface area contributed by atoms with Crippen LogP contribution < -0.4 is 9.77 Å². The van der Waals surface area contributed by atoms with Gasteiger partial charge in [0.1, 0.15) is 23.4 Å². The number of benzene rings is 1. The summed E-state index contributed by atoms with van der Waals surface area (Å²) >= 11 is 2.01. The molecule has 0 aliphatic carbocycles. The number of amides is 2. The van der Waals surface area contributed by atoms with E-state index in [0.717, 1.165) is 28.0 Å². The third-order valence-electron chi connectivity index (χ3n) is 5.58. The molecule has 11 heteroatoms. The summed E-state index contributed by atoms with van der Waals surface area (Å²) in [5.41, 5.74) is 0.270. The van der Waals surface area contributed by atoms with E-state index in [9.17, 15) is 23.6 Å². The number of fused-ring (bicyclic) bond motifs is 2. The molecular weight excluding hydrogens is 471 g/mol. The van der Waals surface area contributed by atoms with Crippen LogP contribution in [0.3, 0.4) is 0 Å². The summed E-state index contributed by atoms with van der Waals surface area (Å²) in [6.07, 6.45) is 1.46. The minimum atomic E-state index is -0.840. The van der Waals surface area contributed by atoms with E-state index in [2.05, 4.69) is 0 Å². The molecule has 5 rings (SSSR count). The van der Waals surface area contributed by atoms with E-state index in [0.29, 0.717) is 15.7 Å². The van der Waals surface area contributed by atoms with E-state index in [4.69, 9.17) is 9.15 Å². The Morgan fingerprint density at radius 3 is 2.58 bits per heavy atom. The first-order valence-electron chi connectivity index (χ1n) is 10.1. The molecule has 8 nitrogen and oxygen atoms in total. The number of esters is 1. The Morgan fingerprint density at radius 1 is 1.15 bits per heavy atom. The zero-order valence-electron chi connectivity index (χ0n) is 17.2. The average molecular weight is 489 g/mol. The Bertz CT molecular complexity index is 1300. The number of halogens is 1. The number of carbonyl (C=O) groups is 3. The van der Waals surface area contributed by atoms with Crippen LogP contribution in [0.15, 0.2) is 56.9 Å². The van der Waals surface area contributed by atoms with Crippen molar-refractivity contribution in [2.24, 2.45) is 5.92 Å². The van der Waals surface area contributed by atoms with Crippen molar-refractivity contribution in [3.8, 4) is 0 Å². The molecule has 0 saturated carbocycles. The van der Waals surface area contributed by atoms with E-state index >= 15 is 0 Å². The quantitative estimate of drug-likeness (QED) is 0.402. The largest absolute Gasteiger partial charge is 0.469 e. The van der Waals surface area contributed by atoms with Gasteiger partial charge in [0.05, 0.1) is 40.3 Å². The lowest BCUT2D eigenvalue weighted by molar-refractivity contribution is -0.144. The van der Waals surface area contributed by atoms with E-state index in [1.165, 1.54) is 35.1 Å². The van der Waals surface area contributed by atoms with Crippen molar-refractivity contribution >= 4 is 46.6 Å². The number of anilines is 1. The number of hydrogen-bond acceptors (Lipinski definition) is 8. The van der Waals surface area contributed by atoms with Crippen LogP contribution in [0.1, 0.15) is 23.5 Å². The molecule has 2 amide bonds. The number of thioether (sulfide) groups is 1. The van der Waals surface area contributed by atoms with Crippen LogP contribution in [-0.4, -0.2) is 34.2 Å². The fraction of sp³-hybridized carbons (Fsp3) is 0.273. The van der Waals surface area contributed by atoms with Gasteiger partial charge < -0.3 is 9.15 Å². The van der Waals surface area contributed by atoms with Gasteiger partial charge in [-0.1, -0.05) is 23.1 Å². The highest BCUT2D eigenvalue weighted by atomic mass is 32.2. The van der Waals surface area contributed by atoms with Crippen molar-refractivity contribution in [3.05, 3.63) is 68.8 Å². The molecule has 170 valence electrons. The number of furan rings is 1. The van der Waals surface area contributed by atoms with E-state index < -0.39 is 40.7 Å². The molecule has 0 radical (unpaired) electrons. The zero-order valence-corrected chi connectivity index (χ0v) is 18.9. The Kier molecular flexibility index (Phi) is 5.45. The lowest BCUT2D eigenvalue weighted by Crippen LogP contribution is -2.32. The zero-order chi connectivity index (χ0) is 23.3. The van der Waals surface area contributed by atoms with E-state index in [-0.39, 0.29) is 23.7 Å². The number of carbonyl (C=O) groups excluding carboxylic acids is 3. The summed E-state index contributed by atoms with van der Waals surface area (Å²) in [6, 6.07) is 8.48. The number of ether oxygens (including phenoxy) is 1. The fourth-order valence-electron chi connectivity index (χ4n) is 4.21. The molecule has 1 aromatic carbocycles. The van der Waals surface area contributed by atoms with Gasteiger partial charge in [-0.3, -0.25) is 23.7 Å². The lowest BCUT2D eigenvalue weighted by atomic mass is 9.87. The number of aromatic nitrogens is 1. The third-order valence-corrected chi connectivity index (χ3v) is 8.18. The van der Waals surface area contributed by atoms with Gasteiger partial charge in [-0.05, 0) is 43.3 Å². The molecule has 0 bridgehead atoms. The molecule has 3 atom stereocenters. The van der Waals surface area contributed by atoms with Crippen molar-refractivity contribution in [1.82, 2.24) is 4.57 Å². The fourth-order valence-corrected chi connectivity index (χ4v) is 6.96. The van der Waals surface area contributed by atoms with Crippen molar-refractivity contribution in [3.63, 3.8) is 0 Å². The number of imide groups is 1. The van der Waals surface area contributed by atoms with Crippen LogP contribution in [0.4, 0.5) is 10.1 Å². The van der Waals surface area contributed by atoms with Gasteiger partial charge in [0, 0.05) is 0 Å². The van der Waals surface area contributed by atoms with Crippen LogP contribution in [-0.2, 0) is 25.7 Å². The van der Waals surface area contributed by atoms with Crippen LogP contribution in [0.2, 0.25) is 0 Å². The van der Waals surface area contributed by atoms with Gasteiger partial charge in [0.15, 0.2) is 0 Å². The summed E-state index contributed by atoms with van der Waals surface area (Å²) in [4.78, 5) is 53.0. The minimum absolute atomic E-state index is 0.173. The van der Waals surface area contributed by atoms with Crippen LogP contribution in [0, 0.1) is 11.7 Å². The SMILES string of the molecule is CCOC(=O)Cn1c2c(sc1=O)[C@H](c1ccco1)C1C(=O)N(c3ccc(F)cc3)C(=O)C1S2. The maximum atomic E-state index is 13.5. The molecule has 1 saturated heterocycles. The molecular formula is C22H17FN2O6S2. The lowest BCUT2D eigenvalue weighted by Gasteiger charge is -2.28. The van der Waals surface area contributed by atoms with Gasteiger partial charge in [0.2, 0.25) is 11.8 Å². The molecule has 2 aromatic heterocycles. The Morgan fingerprint density at radius 2 is 1.91 bits per heavy atom. The first-order chi connectivity index (χ1) is 15.9. The van der Waals surface area contributed by atoms with Gasteiger partial charge in [-0.15, -0.1) is 0 Å². The minimum Gasteiger partial charge on any atom is -0.469 e. The number of hydrogen-bond donors (Lipinski definition) is 0. The predicted molar refractivity (Wildman–Crippen MR) is 118 cm³/mol. The monoisotopic (exact) mass is 488 g/mol. The molecule has 3 aromatic rings. The van der Waals surface area contributed by atoms with Crippen molar-refractivity contribution < 1.29 is 27.9 Å². The van der Waals surface area contributed by atoms with Crippen molar-refractivity contribution in [2.75, 3.05) is 11.5 Å². The summed E-state index contributed by atoms with van der Waals surface area (Å²) in [5.74, 6) is -3.02. The standard InChI is InChI=1S/C22H17FN2O6S2/c1-2-30-14(26)10-24-21-18(33-22(24)29)15(13-4-3-9-31-13)16-17(32-21)20(28)25(19(16)27)12-7-5-11(23)6-8-12/h3-9,15-17H,2,10H2,1H3/t15-,16?,17?/m1/s1. The van der Waals surface area contributed by atoms with Gasteiger partial charge in [-0.2, -0.15) is 0 Å². The second-order valence-electron chi connectivity index (χ2n) is 7.47. The molecule has 1 fully saturated rings. The van der Waals surface area contributed by atoms with Gasteiger partial charge in [0.25, 0.3) is 0 Å². The number of thiazole rings is 1. The smallest absolute Gasteiger partial charge is 0.326 e. The normalized spacial score (nSPS) is 21.8. The Hall–Kier alpha value is -3.18. The highest BCUT2D eigenvalue weighted by molar-refractivity contribution is 8.00.